The van der Waals surface area contributed by atoms with Crippen molar-refractivity contribution in [3.63, 3.8) is 0 Å². The first-order valence-corrected chi connectivity index (χ1v) is 7.15. The molecule has 2 heteroatoms. The molecule has 2 rings (SSSR count). The summed E-state index contributed by atoms with van der Waals surface area (Å²) < 4.78 is 0. The van der Waals surface area contributed by atoms with Crippen LogP contribution in [-0.4, -0.2) is 11.1 Å². The molecule has 2 nitrogen and oxygen atoms in total. The highest BCUT2D eigenvalue weighted by molar-refractivity contribution is 5.27. The molecule has 0 spiro atoms. The molecule has 0 saturated carbocycles. The summed E-state index contributed by atoms with van der Waals surface area (Å²) in [7, 11) is 0. The first-order valence-electron chi connectivity index (χ1n) is 7.15. The molecule has 0 aliphatic carbocycles. The van der Waals surface area contributed by atoms with Crippen LogP contribution in [0.1, 0.15) is 42.6 Å². The van der Waals surface area contributed by atoms with Crippen LogP contribution in [0.2, 0.25) is 0 Å². The number of nitrogens with two attached hydrogens (primary N) is 1. The third kappa shape index (κ3) is 3.69. The van der Waals surface area contributed by atoms with Gasteiger partial charge >= 0.3 is 0 Å². The molecule has 2 aromatic rings. The zero-order valence-electron chi connectivity index (χ0n) is 12.2. The van der Waals surface area contributed by atoms with E-state index < -0.39 is 6.10 Å². The van der Waals surface area contributed by atoms with E-state index in [2.05, 4.69) is 26.0 Å². The van der Waals surface area contributed by atoms with E-state index in [9.17, 15) is 5.11 Å². The maximum absolute atomic E-state index is 10.4. The van der Waals surface area contributed by atoms with E-state index in [0.29, 0.717) is 12.3 Å². The van der Waals surface area contributed by atoms with Crippen molar-refractivity contribution < 1.29 is 5.11 Å². The zero-order valence-corrected chi connectivity index (χ0v) is 12.2. The van der Waals surface area contributed by atoms with Crippen molar-refractivity contribution in [3.05, 3.63) is 71.3 Å². The maximum atomic E-state index is 10.4. The highest BCUT2D eigenvalue weighted by atomic mass is 16.3. The second kappa shape index (κ2) is 6.69. The molecular formula is C18H23NO. The molecule has 0 saturated heterocycles. The summed E-state index contributed by atoms with van der Waals surface area (Å²) in [6.45, 7) is 4.32. The van der Waals surface area contributed by atoms with Crippen LogP contribution in [0, 0.1) is 0 Å². The van der Waals surface area contributed by atoms with Crippen molar-refractivity contribution in [2.24, 2.45) is 5.73 Å². The molecule has 3 N–H and O–H groups in total. The Morgan fingerprint density at radius 3 is 2.00 bits per heavy atom. The van der Waals surface area contributed by atoms with Gasteiger partial charge in [0.2, 0.25) is 0 Å². The van der Waals surface area contributed by atoms with Gasteiger partial charge in [-0.15, -0.1) is 0 Å². The number of hydrogen-bond acceptors (Lipinski definition) is 2. The summed E-state index contributed by atoms with van der Waals surface area (Å²) in [5.74, 6) is 0.499. The van der Waals surface area contributed by atoms with Gasteiger partial charge in [0.15, 0.2) is 0 Å². The number of rotatable bonds is 5. The lowest BCUT2D eigenvalue weighted by molar-refractivity contribution is 0.146. The highest BCUT2D eigenvalue weighted by Crippen LogP contribution is 2.21. The lowest BCUT2D eigenvalue weighted by Crippen LogP contribution is -2.30. The predicted octanol–water partition coefficient (Wildman–Crippen LogP) is 3.41. The average molecular weight is 269 g/mol. The molecule has 2 unspecified atom stereocenters. The second-order valence-corrected chi connectivity index (χ2v) is 5.62. The van der Waals surface area contributed by atoms with E-state index >= 15 is 0 Å². The summed E-state index contributed by atoms with van der Waals surface area (Å²) in [5, 5.41) is 10.4. The lowest BCUT2D eigenvalue weighted by Gasteiger charge is -2.20. The molecule has 0 bridgehead atoms. The average Bonchev–Trinajstić information content (AvgIpc) is 2.47. The zero-order chi connectivity index (χ0) is 14.5. The standard InChI is InChI=1S/C18H23NO/c1-13(2)15-8-10-16(11-9-15)18(20)17(19)12-14-6-4-3-5-7-14/h3-11,13,17-18,20H,12,19H2,1-2H3. The van der Waals surface area contributed by atoms with Crippen molar-refractivity contribution in [2.45, 2.75) is 38.3 Å². The minimum absolute atomic E-state index is 0.290. The summed E-state index contributed by atoms with van der Waals surface area (Å²) in [4.78, 5) is 0. The molecule has 0 aliphatic rings. The Morgan fingerprint density at radius 1 is 0.900 bits per heavy atom. The van der Waals surface area contributed by atoms with Gasteiger partial charge < -0.3 is 10.8 Å². The molecule has 0 aliphatic heterocycles. The van der Waals surface area contributed by atoms with Crippen LogP contribution in [0.15, 0.2) is 54.6 Å². The fraction of sp³-hybridized carbons (Fsp3) is 0.333. The Kier molecular flexibility index (Phi) is 4.94. The van der Waals surface area contributed by atoms with Crippen LogP contribution in [-0.2, 0) is 6.42 Å². The van der Waals surface area contributed by atoms with Gasteiger partial charge in [-0.2, -0.15) is 0 Å². The third-order valence-corrected chi connectivity index (χ3v) is 3.66. The van der Waals surface area contributed by atoms with Crippen molar-refractivity contribution >= 4 is 0 Å². The van der Waals surface area contributed by atoms with Gasteiger partial charge in [0.25, 0.3) is 0 Å². The van der Waals surface area contributed by atoms with Crippen molar-refractivity contribution in [2.75, 3.05) is 0 Å². The van der Waals surface area contributed by atoms with Crippen LogP contribution < -0.4 is 5.73 Å². The predicted molar refractivity (Wildman–Crippen MR) is 83.6 cm³/mol. The molecule has 0 amide bonds. The van der Waals surface area contributed by atoms with Crippen LogP contribution >= 0.6 is 0 Å². The van der Waals surface area contributed by atoms with Gasteiger partial charge in [-0.1, -0.05) is 68.4 Å². The molecule has 20 heavy (non-hydrogen) atoms. The number of benzene rings is 2. The first kappa shape index (κ1) is 14.8. The second-order valence-electron chi connectivity index (χ2n) is 5.62. The Morgan fingerprint density at radius 2 is 1.45 bits per heavy atom. The molecule has 106 valence electrons. The summed E-state index contributed by atoms with van der Waals surface area (Å²) >= 11 is 0. The van der Waals surface area contributed by atoms with Crippen molar-refractivity contribution in [1.82, 2.24) is 0 Å². The number of hydrogen-bond donors (Lipinski definition) is 2. The van der Waals surface area contributed by atoms with Crippen LogP contribution in [0.25, 0.3) is 0 Å². The van der Waals surface area contributed by atoms with Gasteiger partial charge in [0.05, 0.1) is 6.10 Å². The van der Waals surface area contributed by atoms with E-state index in [1.807, 2.05) is 42.5 Å². The minimum Gasteiger partial charge on any atom is -0.387 e. The topological polar surface area (TPSA) is 46.2 Å². The van der Waals surface area contributed by atoms with Gasteiger partial charge in [0.1, 0.15) is 0 Å². The van der Waals surface area contributed by atoms with Gasteiger partial charge in [-0.25, -0.2) is 0 Å². The van der Waals surface area contributed by atoms with Gasteiger partial charge in [-0.3, -0.25) is 0 Å². The highest BCUT2D eigenvalue weighted by Gasteiger charge is 2.17. The van der Waals surface area contributed by atoms with E-state index in [0.717, 1.165) is 11.1 Å². The van der Waals surface area contributed by atoms with Crippen LogP contribution in [0.5, 0.6) is 0 Å². The molecule has 0 aromatic heterocycles. The molecule has 0 heterocycles. The summed E-state index contributed by atoms with van der Waals surface area (Å²) in [6, 6.07) is 17.8. The Hall–Kier alpha value is -1.64. The minimum atomic E-state index is -0.628. The molecule has 0 radical (unpaired) electrons. The normalized spacial score (nSPS) is 14.2. The lowest BCUT2D eigenvalue weighted by atomic mass is 9.94. The van der Waals surface area contributed by atoms with E-state index in [1.165, 1.54) is 5.56 Å². The maximum Gasteiger partial charge on any atom is 0.0944 e. The number of aliphatic hydroxyl groups is 1. The molecule has 2 aromatic carbocycles. The largest absolute Gasteiger partial charge is 0.387 e. The molecule has 2 atom stereocenters. The van der Waals surface area contributed by atoms with Gasteiger partial charge in [0, 0.05) is 6.04 Å². The Labute approximate surface area is 121 Å². The first-order chi connectivity index (χ1) is 9.58. The smallest absolute Gasteiger partial charge is 0.0944 e. The monoisotopic (exact) mass is 269 g/mol. The fourth-order valence-corrected chi connectivity index (χ4v) is 2.32. The summed E-state index contributed by atoms with van der Waals surface area (Å²) in [5.41, 5.74) is 9.44. The van der Waals surface area contributed by atoms with Crippen molar-refractivity contribution in [3.8, 4) is 0 Å². The Bertz CT molecular complexity index is 519. The summed E-state index contributed by atoms with van der Waals surface area (Å²) in [6.07, 6.45) is 0.0462. The van der Waals surface area contributed by atoms with E-state index in [4.69, 9.17) is 5.73 Å². The fourth-order valence-electron chi connectivity index (χ4n) is 2.32. The van der Waals surface area contributed by atoms with E-state index in [-0.39, 0.29) is 6.04 Å². The molecular weight excluding hydrogens is 246 g/mol. The Balaban J connectivity index is 2.04. The molecule has 0 fully saturated rings. The third-order valence-electron chi connectivity index (χ3n) is 3.66. The van der Waals surface area contributed by atoms with Crippen molar-refractivity contribution in [1.29, 1.82) is 0 Å². The van der Waals surface area contributed by atoms with E-state index in [1.54, 1.807) is 0 Å². The SMILES string of the molecule is CC(C)c1ccc(C(O)C(N)Cc2ccccc2)cc1. The quantitative estimate of drug-likeness (QED) is 0.873. The van der Waals surface area contributed by atoms with Crippen LogP contribution in [0.3, 0.4) is 0 Å². The van der Waals surface area contributed by atoms with Crippen LogP contribution in [0.4, 0.5) is 0 Å². The number of aliphatic hydroxyl groups excluding tert-OH is 1. The van der Waals surface area contributed by atoms with Gasteiger partial charge in [-0.05, 0) is 29.0 Å².